The molecule has 216 valence electrons. The highest BCUT2D eigenvalue weighted by molar-refractivity contribution is 5.97. The fraction of sp³-hybridized carbons (Fsp3) is 0.464. The summed E-state index contributed by atoms with van der Waals surface area (Å²) < 4.78 is 5.30. The van der Waals surface area contributed by atoms with Gasteiger partial charge in [0.15, 0.2) is 5.76 Å². The van der Waals surface area contributed by atoms with Gasteiger partial charge in [0.05, 0.1) is 12.4 Å². The number of hydrogen-bond acceptors (Lipinski definition) is 7. The molecule has 4 atom stereocenters. The van der Waals surface area contributed by atoms with Crippen molar-refractivity contribution in [3.63, 3.8) is 0 Å². The van der Waals surface area contributed by atoms with Gasteiger partial charge in [-0.3, -0.25) is 24.0 Å². The highest BCUT2D eigenvalue weighted by Gasteiger charge is 2.34. The zero-order valence-corrected chi connectivity index (χ0v) is 23.1. The molecule has 5 N–H and O–H groups in total. The van der Waals surface area contributed by atoms with Crippen LogP contribution in [0.2, 0.25) is 0 Å². The summed E-state index contributed by atoms with van der Waals surface area (Å²) >= 11 is 0. The molecule has 2 aromatic rings. The van der Waals surface area contributed by atoms with Crippen LogP contribution in [-0.4, -0.2) is 83.4 Å². The van der Waals surface area contributed by atoms with Crippen molar-refractivity contribution in [2.75, 3.05) is 19.6 Å². The summed E-state index contributed by atoms with van der Waals surface area (Å²) in [5.74, 6) is -3.44. The average molecular weight is 556 g/mol. The quantitative estimate of drug-likeness (QED) is 0.343. The molecule has 40 heavy (non-hydrogen) atoms. The van der Waals surface area contributed by atoms with Crippen LogP contribution in [-0.2, 0) is 25.6 Å². The van der Waals surface area contributed by atoms with E-state index in [4.69, 9.17) is 4.42 Å². The Hall–Kier alpha value is -4.19. The van der Waals surface area contributed by atoms with Crippen molar-refractivity contribution in [3.05, 3.63) is 59.5 Å². The number of nitrogens with zero attached hydrogens (tertiary/aromatic N) is 1. The maximum atomic E-state index is 13.4. The van der Waals surface area contributed by atoms with Gasteiger partial charge in [-0.15, -0.1) is 0 Å². The third-order valence-electron chi connectivity index (χ3n) is 6.60. The van der Waals surface area contributed by atoms with Gasteiger partial charge in [-0.05, 0) is 31.4 Å². The van der Waals surface area contributed by atoms with Crippen LogP contribution in [0.4, 0.5) is 0 Å². The lowest BCUT2D eigenvalue weighted by atomic mass is 10.0. The zero-order chi connectivity index (χ0) is 29.4. The fourth-order valence-electron chi connectivity index (χ4n) is 4.32. The first-order valence-corrected chi connectivity index (χ1v) is 13.2. The van der Waals surface area contributed by atoms with Gasteiger partial charge < -0.3 is 35.7 Å². The number of carbonyl (C=O) groups excluding carboxylic acids is 5. The molecule has 0 spiro atoms. The zero-order valence-electron chi connectivity index (χ0n) is 23.1. The number of furan rings is 1. The van der Waals surface area contributed by atoms with E-state index in [0.717, 1.165) is 5.56 Å². The smallest absolute Gasteiger partial charge is 0.290 e. The first-order valence-electron chi connectivity index (χ1n) is 13.2. The molecule has 0 radical (unpaired) electrons. The van der Waals surface area contributed by atoms with E-state index in [0.29, 0.717) is 5.56 Å². The van der Waals surface area contributed by atoms with Gasteiger partial charge in [-0.1, -0.05) is 44.2 Å². The Kier molecular flexibility index (Phi) is 10.4. The first-order chi connectivity index (χ1) is 19.0. The minimum atomic E-state index is -1.33. The summed E-state index contributed by atoms with van der Waals surface area (Å²) in [7, 11) is 0. The largest absolute Gasteiger partial charge is 0.459 e. The van der Waals surface area contributed by atoms with E-state index in [1.807, 2.05) is 6.07 Å². The molecule has 1 aromatic heterocycles. The number of hydrogen-bond donors (Lipinski definition) is 5. The van der Waals surface area contributed by atoms with E-state index in [1.165, 1.54) is 18.1 Å². The molecular weight excluding hydrogens is 518 g/mol. The van der Waals surface area contributed by atoms with Crippen LogP contribution in [0.3, 0.4) is 0 Å². The summed E-state index contributed by atoms with van der Waals surface area (Å²) in [6, 6.07) is 7.16. The van der Waals surface area contributed by atoms with Crippen LogP contribution in [0.15, 0.2) is 47.1 Å². The summed E-state index contributed by atoms with van der Waals surface area (Å²) in [5.41, 5.74) is 1.33. The number of aliphatic hydroxyl groups excluding tert-OH is 1. The maximum Gasteiger partial charge on any atom is 0.290 e. The van der Waals surface area contributed by atoms with Gasteiger partial charge in [0.2, 0.25) is 23.6 Å². The van der Waals surface area contributed by atoms with Gasteiger partial charge >= 0.3 is 0 Å². The molecule has 5 amide bonds. The summed E-state index contributed by atoms with van der Waals surface area (Å²) in [5, 5.41) is 20.8. The van der Waals surface area contributed by atoms with Crippen molar-refractivity contribution in [2.24, 2.45) is 5.92 Å². The lowest BCUT2D eigenvalue weighted by molar-refractivity contribution is -0.135. The van der Waals surface area contributed by atoms with Gasteiger partial charge in [0.25, 0.3) is 5.91 Å². The van der Waals surface area contributed by atoms with E-state index >= 15 is 0 Å². The summed E-state index contributed by atoms with van der Waals surface area (Å²) in [4.78, 5) is 67.1. The topological polar surface area (TPSA) is 170 Å². The molecular formula is C28H37N5O7. The first kappa shape index (κ1) is 30.4. The van der Waals surface area contributed by atoms with Crippen LogP contribution < -0.4 is 21.3 Å². The minimum absolute atomic E-state index is 0.0491. The lowest BCUT2D eigenvalue weighted by Gasteiger charge is -2.27. The Morgan fingerprint density at radius 1 is 0.975 bits per heavy atom. The van der Waals surface area contributed by atoms with Crippen molar-refractivity contribution in [1.29, 1.82) is 0 Å². The second kappa shape index (κ2) is 13.7. The average Bonchev–Trinajstić information content (AvgIpc) is 3.34. The Labute approximate surface area is 232 Å². The second-order valence-corrected chi connectivity index (χ2v) is 10.2. The van der Waals surface area contributed by atoms with Crippen molar-refractivity contribution >= 4 is 29.5 Å². The predicted molar refractivity (Wildman–Crippen MR) is 145 cm³/mol. The highest BCUT2D eigenvalue weighted by Crippen LogP contribution is 2.13. The Balaban J connectivity index is 1.94. The van der Waals surface area contributed by atoms with E-state index in [-0.39, 0.29) is 31.2 Å². The second-order valence-electron chi connectivity index (χ2n) is 10.2. The van der Waals surface area contributed by atoms with Crippen molar-refractivity contribution < 1.29 is 33.5 Å². The molecule has 0 saturated carbocycles. The van der Waals surface area contributed by atoms with Crippen LogP contribution in [0.5, 0.6) is 0 Å². The Morgan fingerprint density at radius 3 is 2.27 bits per heavy atom. The van der Waals surface area contributed by atoms with E-state index in [9.17, 15) is 29.1 Å². The highest BCUT2D eigenvalue weighted by atomic mass is 16.3. The molecule has 1 saturated heterocycles. The summed E-state index contributed by atoms with van der Waals surface area (Å²) in [6.07, 6.45) is 0.206. The third-order valence-corrected chi connectivity index (χ3v) is 6.60. The van der Waals surface area contributed by atoms with E-state index in [1.54, 1.807) is 51.1 Å². The molecule has 2 heterocycles. The molecule has 12 nitrogen and oxygen atoms in total. The van der Waals surface area contributed by atoms with Crippen molar-refractivity contribution in [3.8, 4) is 0 Å². The molecule has 1 aliphatic heterocycles. The number of rotatable bonds is 5. The van der Waals surface area contributed by atoms with Crippen LogP contribution in [0, 0.1) is 12.8 Å². The van der Waals surface area contributed by atoms with Crippen molar-refractivity contribution in [1.82, 2.24) is 26.2 Å². The maximum absolute atomic E-state index is 13.4. The molecule has 0 bridgehead atoms. The summed E-state index contributed by atoms with van der Waals surface area (Å²) in [6.45, 7) is 5.97. The van der Waals surface area contributed by atoms with Crippen LogP contribution in [0.1, 0.15) is 42.5 Å². The Bertz CT molecular complexity index is 1210. The molecule has 0 unspecified atom stereocenters. The molecule has 1 fully saturated rings. The minimum Gasteiger partial charge on any atom is -0.459 e. The van der Waals surface area contributed by atoms with Crippen LogP contribution >= 0.6 is 0 Å². The number of aliphatic hydroxyl groups is 1. The third kappa shape index (κ3) is 7.92. The SMILES string of the molecule is Cc1ccoc1C(=O)N1CCNC(=O)[C@H]([C@@H](C)O)NC(=O)[C@H](Cc2ccccc2)NC(=O)[C@@H](C(C)C)NC(=O)C1. The molecule has 0 aliphatic carbocycles. The number of amides is 5. The van der Waals surface area contributed by atoms with Crippen molar-refractivity contribution in [2.45, 2.75) is 58.3 Å². The fourth-order valence-corrected chi connectivity index (χ4v) is 4.32. The number of nitrogens with one attached hydrogen (secondary N) is 4. The predicted octanol–water partition coefficient (Wildman–Crippen LogP) is -0.106. The standard InChI is InChI=1S/C28H37N5O7/c1-16(2)22-27(38)30-20(14-19-8-6-5-7-9-19)25(36)32-23(18(4)34)26(37)29-11-12-33(15-21(35)31-22)28(39)24-17(3)10-13-40-24/h5-10,13,16,18,20,22-23,34H,11-12,14-15H2,1-4H3,(H,29,37)(H,30,38)(H,31,35)(H,32,36)/t18-,20+,22-,23+/m1/s1. The number of aryl methyl sites for hydroxylation is 1. The van der Waals surface area contributed by atoms with E-state index < -0.39 is 60.3 Å². The molecule has 1 aromatic carbocycles. The monoisotopic (exact) mass is 555 g/mol. The normalized spacial score (nSPS) is 22.4. The van der Waals surface area contributed by atoms with Crippen LogP contribution in [0.25, 0.3) is 0 Å². The Morgan fingerprint density at radius 2 is 1.68 bits per heavy atom. The molecule has 1 aliphatic rings. The van der Waals surface area contributed by atoms with Gasteiger partial charge in [0, 0.05) is 25.1 Å². The number of benzene rings is 1. The van der Waals surface area contributed by atoms with E-state index in [2.05, 4.69) is 21.3 Å². The van der Waals surface area contributed by atoms with Gasteiger partial charge in [-0.2, -0.15) is 0 Å². The van der Waals surface area contributed by atoms with Gasteiger partial charge in [0.1, 0.15) is 24.7 Å². The molecule has 3 rings (SSSR count). The van der Waals surface area contributed by atoms with Gasteiger partial charge in [-0.25, -0.2) is 0 Å². The molecule has 12 heteroatoms. The number of carbonyl (C=O) groups is 5. The lowest BCUT2D eigenvalue weighted by Crippen LogP contribution is -2.60.